The van der Waals surface area contributed by atoms with Gasteiger partial charge in [0.1, 0.15) is 5.69 Å². The highest BCUT2D eigenvalue weighted by atomic mass is 15.4. The number of para-hydroxylation sites is 2. The summed E-state index contributed by atoms with van der Waals surface area (Å²) in [5, 5.41) is 8.79. The molecule has 2 N–H and O–H groups in total. The molecule has 3 aromatic carbocycles. The number of nitrogens with zero attached hydrogens (tertiary/aromatic N) is 3. The molecule has 0 bridgehead atoms. The zero-order valence-electron chi connectivity index (χ0n) is 23.2. The Morgan fingerprint density at radius 3 is 1.47 bits per heavy atom. The molecule has 0 aliphatic carbocycles. The molecular formula is C32H42N4. The van der Waals surface area contributed by atoms with E-state index in [0.29, 0.717) is 23.7 Å². The Labute approximate surface area is 217 Å². The quantitative estimate of drug-likeness (QED) is 0.280. The van der Waals surface area contributed by atoms with E-state index in [-0.39, 0.29) is 0 Å². The molecule has 4 rings (SSSR count). The topological polar surface area (TPSA) is 56.7 Å². The third kappa shape index (κ3) is 6.23. The third-order valence-corrected chi connectivity index (χ3v) is 6.55. The Balaban J connectivity index is 0.000000236. The molecule has 4 nitrogen and oxygen atoms in total. The maximum atomic E-state index is 6.09. The molecule has 0 saturated heterocycles. The third-order valence-electron chi connectivity index (χ3n) is 6.55. The van der Waals surface area contributed by atoms with Crippen LogP contribution in [0, 0.1) is 0 Å². The van der Waals surface area contributed by atoms with Crippen LogP contribution in [0.2, 0.25) is 0 Å². The summed E-state index contributed by atoms with van der Waals surface area (Å²) < 4.78 is 1.94. The highest BCUT2D eigenvalue weighted by Gasteiger charge is 2.17. The van der Waals surface area contributed by atoms with Crippen molar-refractivity contribution < 1.29 is 0 Å². The SMILES string of the molecule is CC(C)c1cccc(C(C)C)c1-n1cc(-c2ccccc2)nn1.CC(C)c1cccc(C(C)C)c1N. The number of hydrogen-bond acceptors (Lipinski definition) is 3. The zero-order chi connectivity index (χ0) is 26.4. The Bertz CT molecular complexity index is 1200. The van der Waals surface area contributed by atoms with Crippen LogP contribution >= 0.6 is 0 Å². The number of nitrogens with two attached hydrogens (primary N) is 1. The second-order valence-electron chi connectivity index (χ2n) is 10.7. The summed E-state index contributed by atoms with van der Waals surface area (Å²) in [5.74, 6) is 1.90. The molecule has 0 atom stereocenters. The number of aromatic nitrogens is 3. The molecule has 0 aliphatic heterocycles. The number of benzene rings is 3. The average Bonchev–Trinajstić information content (AvgIpc) is 3.34. The van der Waals surface area contributed by atoms with Crippen LogP contribution in [0.25, 0.3) is 16.9 Å². The molecule has 0 unspecified atom stereocenters. The minimum atomic E-state index is 0.438. The summed E-state index contributed by atoms with van der Waals surface area (Å²) in [5.41, 5.74) is 15.4. The minimum absolute atomic E-state index is 0.438. The highest BCUT2D eigenvalue weighted by molar-refractivity contribution is 5.59. The lowest BCUT2D eigenvalue weighted by molar-refractivity contribution is 0.742. The molecule has 0 spiro atoms. The molecule has 4 heteroatoms. The van der Waals surface area contributed by atoms with Crippen LogP contribution < -0.4 is 5.73 Å². The fourth-order valence-electron chi connectivity index (χ4n) is 4.50. The first-order valence-corrected chi connectivity index (χ1v) is 13.1. The Morgan fingerprint density at radius 1 is 0.583 bits per heavy atom. The standard InChI is InChI=1S/C20H23N3.C12H19N/c1-14(2)17-11-8-12-18(15(3)4)20(17)23-13-19(21-22-23)16-9-6-5-7-10-16;1-8(2)10-6-5-7-11(9(3)4)12(10)13/h5-15H,1-4H3;5-9H,13H2,1-4H3. The monoisotopic (exact) mass is 482 g/mol. The zero-order valence-corrected chi connectivity index (χ0v) is 23.2. The molecular weight excluding hydrogens is 440 g/mol. The van der Waals surface area contributed by atoms with Gasteiger partial charge in [0, 0.05) is 11.3 Å². The van der Waals surface area contributed by atoms with Crippen molar-refractivity contribution >= 4 is 5.69 Å². The van der Waals surface area contributed by atoms with Gasteiger partial charge in [0.05, 0.1) is 11.9 Å². The summed E-state index contributed by atoms with van der Waals surface area (Å²) in [6, 6.07) is 23.0. The van der Waals surface area contributed by atoms with Crippen LogP contribution in [0.3, 0.4) is 0 Å². The average molecular weight is 483 g/mol. The first-order chi connectivity index (χ1) is 17.1. The van der Waals surface area contributed by atoms with E-state index in [0.717, 1.165) is 16.9 Å². The molecule has 190 valence electrons. The van der Waals surface area contributed by atoms with Crippen molar-refractivity contribution in [3.8, 4) is 16.9 Å². The molecule has 1 aromatic heterocycles. The van der Waals surface area contributed by atoms with Crippen molar-refractivity contribution in [3.05, 3.63) is 95.2 Å². The lowest BCUT2D eigenvalue weighted by Crippen LogP contribution is -2.07. The van der Waals surface area contributed by atoms with E-state index in [1.807, 2.05) is 29.1 Å². The molecule has 4 aromatic rings. The number of nitrogen functional groups attached to an aromatic ring is 1. The van der Waals surface area contributed by atoms with Crippen molar-refractivity contribution in [1.29, 1.82) is 0 Å². The van der Waals surface area contributed by atoms with Gasteiger partial charge in [-0.1, -0.05) is 127 Å². The van der Waals surface area contributed by atoms with Crippen LogP contribution in [0.5, 0.6) is 0 Å². The van der Waals surface area contributed by atoms with Gasteiger partial charge in [-0.2, -0.15) is 0 Å². The van der Waals surface area contributed by atoms with Crippen LogP contribution in [0.4, 0.5) is 5.69 Å². The van der Waals surface area contributed by atoms with E-state index in [9.17, 15) is 0 Å². The molecule has 36 heavy (non-hydrogen) atoms. The van der Waals surface area contributed by atoms with E-state index < -0.39 is 0 Å². The predicted octanol–water partition coefficient (Wildman–Crippen LogP) is 8.70. The first-order valence-electron chi connectivity index (χ1n) is 13.1. The summed E-state index contributed by atoms with van der Waals surface area (Å²) >= 11 is 0. The summed E-state index contributed by atoms with van der Waals surface area (Å²) in [4.78, 5) is 0. The van der Waals surface area contributed by atoms with Gasteiger partial charge < -0.3 is 5.73 Å². The van der Waals surface area contributed by atoms with Crippen LogP contribution in [0.15, 0.2) is 72.9 Å². The summed E-state index contributed by atoms with van der Waals surface area (Å²) in [6.45, 7) is 17.6. The van der Waals surface area contributed by atoms with Crippen LogP contribution in [-0.2, 0) is 0 Å². The maximum absolute atomic E-state index is 6.09. The summed E-state index contributed by atoms with van der Waals surface area (Å²) in [6.07, 6.45) is 2.03. The van der Waals surface area contributed by atoms with Gasteiger partial charge >= 0.3 is 0 Å². The van der Waals surface area contributed by atoms with Crippen molar-refractivity contribution in [2.24, 2.45) is 0 Å². The van der Waals surface area contributed by atoms with E-state index >= 15 is 0 Å². The molecule has 0 aliphatic rings. The van der Waals surface area contributed by atoms with E-state index in [2.05, 4.69) is 114 Å². The fraction of sp³-hybridized carbons (Fsp3) is 0.375. The fourth-order valence-corrected chi connectivity index (χ4v) is 4.50. The molecule has 0 fully saturated rings. The molecule has 0 amide bonds. The van der Waals surface area contributed by atoms with E-state index in [1.54, 1.807) is 0 Å². The smallest absolute Gasteiger partial charge is 0.113 e. The first kappa shape index (κ1) is 27.2. The van der Waals surface area contributed by atoms with Crippen molar-refractivity contribution in [2.75, 3.05) is 5.73 Å². The van der Waals surface area contributed by atoms with Gasteiger partial charge in [-0.05, 0) is 45.9 Å². The van der Waals surface area contributed by atoms with E-state index in [4.69, 9.17) is 5.73 Å². The lowest BCUT2D eigenvalue weighted by atomic mass is 9.93. The Kier molecular flexibility index (Phi) is 9.08. The highest BCUT2D eigenvalue weighted by Crippen LogP contribution is 2.31. The van der Waals surface area contributed by atoms with Crippen LogP contribution in [0.1, 0.15) is 101 Å². The van der Waals surface area contributed by atoms with Gasteiger partial charge in [0.25, 0.3) is 0 Å². The number of rotatable bonds is 6. The second-order valence-corrected chi connectivity index (χ2v) is 10.7. The van der Waals surface area contributed by atoms with Gasteiger partial charge in [-0.25, -0.2) is 4.68 Å². The number of anilines is 1. The minimum Gasteiger partial charge on any atom is -0.398 e. The largest absolute Gasteiger partial charge is 0.398 e. The maximum Gasteiger partial charge on any atom is 0.113 e. The van der Waals surface area contributed by atoms with Crippen LogP contribution in [-0.4, -0.2) is 15.0 Å². The van der Waals surface area contributed by atoms with Crippen molar-refractivity contribution in [1.82, 2.24) is 15.0 Å². The van der Waals surface area contributed by atoms with Gasteiger partial charge in [-0.15, -0.1) is 5.10 Å². The van der Waals surface area contributed by atoms with E-state index in [1.165, 1.54) is 27.9 Å². The van der Waals surface area contributed by atoms with Gasteiger partial charge in [0.2, 0.25) is 0 Å². The van der Waals surface area contributed by atoms with Crippen molar-refractivity contribution in [3.63, 3.8) is 0 Å². The molecule has 1 heterocycles. The Morgan fingerprint density at radius 2 is 1.03 bits per heavy atom. The molecule has 0 radical (unpaired) electrons. The second kappa shape index (κ2) is 12.0. The predicted molar refractivity (Wildman–Crippen MR) is 154 cm³/mol. The molecule has 0 saturated carbocycles. The summed E-state index contributed by atoms with van der Waals surface area (Å²) in [7, 11) is 0. The van der Waals surface area contributed by atoms with Gasteiger partial charge in [-0.3, -0.25) is 0 Å². The normalized spacial score (nSPS) is 11.3. The van der Waals surface area contributed by atoms with Crippen molar-refractivity contribution in [2.45, 2.75) is 79.1 Å². The Hall–Kier alpha value is -3.40. The lowest BCUT2D eigenvalue weighted by Gasteiger charge is -2.18. The van der Waals surface area contributed by atoms with Gasteiger partial charge in [0.15, 0.2) is 0 Å². The number of hydrogen-bond donors (Lipinski definition) is 1.